The number of halogens is 4. The van der Waals surface area contributed by atoms with Crippen molar-refractivity contribution in [1.29, 1.82) is 0 Å². The number of carbonyl (C=O) groups is 2. The van der Waals surface area contributed by atoms with Gasteiger partial charge in [0.1, 0.15) is 0 Å². The van der Waals surface area contributed by atoms with Gasteiger partial charge in [-0.2, -0.15) is 13.2 Å². The fourth-order valence-corrected chi connectivity index (χ4v) is 3.93. The smallest absolute Gasteiger partial charge is 0.338 e. The lowest BCUT2D eigenvalue weighted by Gasteiger charge is -2.15. The van der Waals surface area contributed by atoms with Crippen LogP contribution in [0.2, 0.25) is 5.02 Å². The van der Waals surface area contributed by atoms with E-state index in [1.54, 1.807) is 38.1 Å². The zero-order valence-corrected chi connectivity index (χ0v) is 19.1. The first-order valence-electron chi connectivity index (χ1n) is 9.75. The van der Waals surface area contributed by atoms with Gasteiger partial charge in [0.25, 0.3) is 0 Å². The Morgan fingerprint density at radius 2 is 1.88 bits per heavy atom. The molecule has 1 unspecified atom stereocenters. The number of hydrogen-bond donors (Lipinski definition) is 2. The summed E-state index contributed by atoms with van der Waals surface area (Å²) in [6.45, 7) is 3.58. The topological polar surface area (TPSA) is 88.9 Å². The lowest BCUT2D eigenvalue weighted by atomic mass is 10.1. The Labute approximate surface area is 196 Å². The maximum atomic E-state index is 13.3. The summed E-state index contributed by atoms with van der Waals surface area (Å²) in [6.07, 6.45) is -4.55. The van der Waals surface area contributed by atoms with E-state index < -0.39 is 28.9 Å². The third kappa shape index (κ3) is 5.85. The van der Waals surface area contributed by atoms with Gasteiger partial charge in [-0.3, -0.25) is 14.7 Å². The van der Waals surface area contributed by atoms with E-state index in [1.807, 2.05) is 0 Å². The fraction of sp³-hybridized carbons (Fsp3) is 0.238. The van der Waals surface area contributed by atoms with E-state index in [1.165, 1.54) is 16.7 Å². The first kappa shape index (κ1) is 24.6. The summed E-state index contributed by atoms with van der Waals surface area (Å²) in [6, 6.07) is 10.7. The number of nitrogens with zero attached hydrogens (tertiary/aromatic N) is 3. The molecule has 3 amide bonds. The van der Waals surface area contributed by atoms with Crippen LogP contribution in [0.4, 0.5) is 18.0 Å². The monoisotopic (exact) mass is 497 g/mol. The normalized spacial score (nSPS) is 12.3. The van der Waals surface area contributed by atoms with Gasteiger partial charge in [0.2, 0.25) is 5.91 Å². The first-order valence-corrected chi connectivity index (χ1v) is 11.0. The highest BCUT2D eigenvalue weighted by Gasteiger charge is 2.31. The number of imide groups is 1. The lowest BCUT2D eigenvalue weighted by Crippen LogP contribution is -2.42. The molecule has 33 heavy (non-hydrogen) atoms. The number of hydrogen-bond acceptors (Lipinski definition) is 5. The molecule has 1 aromatic heterocycles. The average molecular weight is 498 g/mol. The van der Waals surface area contributed by atoms with E-state index in [4.69, 9.17) is 11.6 Å². The summed E-state index contributed by atoms with van der Waals surface area (Å²) in [5.41, 5.74) is -0.254. The Kier molecular flexibility index (Phi) is 7.65. The number of nitrogens with one attached hydrogen (secondary N) is 2. The Bertz CT molecular complexity index is 1170. The number of amides is 3. The predicted molar refractivity (Wildman–Crippen MR) is 119 cm³/mol. The minimum Gasteiger partial charge on any atom is -0.338 e. The van der Waals surface area contributed by atoms with Gasteiger partial charge < -0.3 is 5.32 Å². The minimum absolute atomic E-state index is 0.142. The average Bonchev–Trinajstić information content (AvgIpc) is 3.16. The SMILES string of the molecule is CCNC(=O)NC(=O)C(C)Sc1nnc(-c2ccccc2Cl)n1-c1cccc(C(F)(F)F)c1. The molecular formula is C21H19ClF3N5O2S. The van der Waals surface area contributed by atoms with Crippen LogP contribution in [0.3, 0.4) is 0 Å². The highest BCUT2D eigenvalue weighted by atomic mass is 35.5. The molecule has 2 N–H and O–H groups in total. The fourth-order valence-electron chi connectivity index (χ4n) is 2.85. The number of urea groups is 1. The number of thioether (sulfide) groups is 1. The zero-order chi connectivity index (χ0) is 24.2. The molecule has 0 radical (unpaired) electrons. The van der Waals surface area contributed by atoms with Crippen molar-refractivity contribution >= 4 is 35.3 Å². The quantitative estimate of drug-likeness (QED) is 0.471. The second-order valence-electron chi connectivity index (χ2n) is 6.78. The number of aromatic nitrogens is 3. The van der Waals surface area contributed by atoms with E-state index in [0.717, 1.165) is 23.9 Å². The Morgan fingerprint density at radius 3 is 2.55 bits per heavy atom. The maximum absolute atomic E-state index is 13.3. The molecule has 3 rings (SSSR count). The molecule has 174 valence electrons. The van der Waals surface area contributed by atoms with Crippen LogP contribution in [0.5, 0.6) is 0 Å². The molecule has 1 heterocycles. The Morgan fingerprint density at radius 1 is 1.15 bits per heavy atom. The number of alkyl halides is 3. The second-order valence-corrected chi connectivity index (χ2v) is 8.49. The van der Waals surface area contributed by atoms with E-state index in [-0.39, 0.29) is 16.7 Å². The third-order valence-corrected chi connectivity index (χ3v) is 5.78. The van der Waals surface area contributed by atoms with Crippen molar-refractivity contribution in [2.75, 3.05) is 6.54 Å². The molecule has 0 fully saturated rings. The van der Waals surface area contributed by atoms with E-state index >= 15 is 0 Å². The number of rotatable bonds is 6. The Balaban J connectivity index is 2.05. The molecule has 0 saturated carbocycles. The highest BCUT2D eigenvalue weighted by Crippen LogP contribution is 2.35. The molecule has 0 spiro atoms. The summed E-state index contributed by atoms with van der Waals surface area (Å²) < 4.78 is 41.4. The molecule has 12 heteroatoms. The van der Waals surface area contributed by atoms with Crippen molar-refractivity contribution in [3.8, 4) is 17.1 Å². The maximum Gasteiger partial charge on any atom is 0.416 e. The van der Waals surface area contributed by atoms with E-state index in [9.17, 15) is 22.8 Å². The van der Waals surface area contributed by atoms with Gasteiger partial charge >= 0.3 is 12.2 Å². The first-order chi connectivity index (χ1) is 15.6. The standard InChI is InChI=1S/C21H19ClF3N5O2S/c1-3-26-19(32)27-18(31)12(2)33-20-29-28-17(15-9-4-5-10-16(15)22)30(20)14-8-6-7-13(11-14)21(23,24)25/h4-12H,3H2,1-2H3,(H2,26,27,31,32). The lowest BCUT2D eigenvalue weighted by molar-refractivity contribution is -0.137. The van der Waals surface area contributed by atoms with Gasteiger partial charge in [-0.15, -0.1) is 10.2 Å². The van der Waals surface area contributed by atoms with Crippen LogP contribution in [0, 0.1) is 0 Å². The Hall–Kier alpha value is -3.05. The molecule has 0 saturated heterocycles. The van der Waals surface area contributed by atoms with Gasteiger partial charge in [0, 0.05) is 12.1 Å². The molecular weight excluding hydrogens is 479 g/mol. The molecule has 2 aromatic carbocycles. The van der Waals surface area contributed by atoms with Gasteiger partial charge in [-0.05, 0) is 44.2 Å². The molecule has 3 aromatic rings. The summed E-state index contributed by atoms with van der Waals surface area (Å²) in [7, 11) is 0. The summed E-state index contributed by atoms with van der Waals surface area (Å²) in [5, 5.41) is 12.6. The van der Waals surface area contributed by atoms with Gasteiger partial charge in [0.05, 0.1) is 21.5 Å². The summed E-state index contributed by atoms with van der Waals surface area (Å²) >= 11 is 7.24. The molecule has 0 aliphatic rings. The van der Waals surface area contributed by atoms with Crippen LogP contribution in [-0.4, -0.2) is 38.5 Å². The van der Waals surface area contributed by atoms with Crippen molar-refractivity contribution in [1.82, 2.24) is 25.4 Å². The summed E-state index contributed by atoms with van der Waals surface area (Å²) in [5.74, 6) is -0.386. The van der Waals surface area contributed by atoms with Crippen LogP contribution in [0.1, 0.15) is 19.4 Å². The molecule has 0 aliphatic heterocycles. The number of carbonyl (C=O) groups excluding carboxylic acids is 2. The highest BCUT2D eigenvalue weighted by molar-refractivity contribution is 8.00. The summed E-state index contributed by atoms with van der Waals surface area (Å²) in [4.78, 5) is 24.0. The van der Waals surface area contributed by atoms with E-state index in [0.29, 0.717) is 17.1 Å². The van der Waals surface area contributed by atoms with Crippen LogP contribution in [0.25, 0.3) is 17.1 Å². The van der Waals surface area contributed by atoms with Gasteiger partial charge in [-0.1, -0.05) is 41.6 Å². The molecule has 0 aliphatic carbocycles. The van der Waals surface area contributed by atoms with Crippen molar-refractivity contribution in [3.05, 3.63) is 59.1 Å². The van der Waals surface area contributed by atoms with Crippen molar-refractivity contribution in [3.63, 3.8) is 0 Å². The van der Waals surface area contributed by atoms with Crippen LogP contribution >= 0.6 is 23.4 Å². The second kappa shape index (κ2) is 10.3. The molecule has 0 bridgehead atoms. The van der Waals surface area contributed by atoms with Crippen molar-refractivity contribution in [2.45, 2.75) is 30.4 Å². The third-order valence-electron chi connectivity index (χ3n) is 4.41. The van der Waals surface area contributed by atoms with E-state index in [2.05, 4.69) is 20.8 Å². The van der Waals surface area contributed by atoms with Crippen molar-refractivity contribution in [2.24, 2.45) is 0 Å². The molecule has 1 atom stereocenters. The van der Waals surface area contributed by atoms with Gasteiger partial charge in [0.15, 0.2) is 11.0 Å². The molecule has 7 nitrogen and oxygen atoms in total. The zero-order valence-electron chi connectivity index (χ0n) is 17.5. The van der Waals surface area contributed by atoms with Crippen LogP contribution in [0.15, 0.2) is 53.7 Å². The van der Waals surface area contributed by atoms with Crippen LogP contribution < -0.4 is 10.6 Å². The minimum atomic E-state index is -4.55. The van der Waals surface area contributed by atoms with Crippen molar-refractivity contribution < 1.29 is 22.8 Å². The predicted octanol–water partition coefficient (Wildman–Crippen LogP) is 4.93. The van der Waals surface area contributed by atoms with Crippen LogP contribution in [-0.2, 0) is 11.0 Å². The number of benzene rings is 2. The van der Waals surface area contributed by atoms with Gasteiger partial charge in [-0.25, -0.2) is 4.79 Å². The largest absolute Gasteiger partial charge is 0.416 e.